The van der Waals surface area contributed by atoms with Crippen molar-refractivity contribution in [3.63, 3.8) is 0 Å². The van der Waals surface area contributed by atoms with Crippen LogP contribution in [-0.4, -0.2) is 6.61 Å². The van der Waals surface area contributed by atoms with Crippen molar-refractivity contribution in [2.75, 3.05) is 6.61 Å². The van der Waals surface area contributed by atoms with E-state index < -0.39 is 11.7 Å². The molecule has 0 bridgehead atoms. The Morgan fingerprint density at radius 3 is 2.67 bits per heavy atom. The second-order valence-electron chi connectivity index (χ2n) is 4.72. The predicted molar refractivity (Wildman–Crippen MR) is 81.1 cm³/mol. The number of hydrogen-bond donors (Lipinski definition) is 0. The van der Waals surface area contributed by atoms with Crippen LogP contribution in [0, 0.1) is 24.1 Å². The second kappa shape index (κ2) is 7.10. The van der Waals surface area contributed by atoms with Gasteiger partial charge in [0.1, 0.15) is 11.6 Å². The maximum absolute atomic E-state index is 13.8. The molecule has 0 spiro atoms. The van der Waals surface area contributed by atoms with Crippen LogP contribution in [0.3, 0.4) is 0 Å². The van der Waals surface area contributed by atoms with Crippen LogP contribution in [0.2, 0.25) is 5.02 Å². The predicted octanol–water partition coefficient (Wildman–Crippen LogP) is 4.86. The van der Waals surface area contributed by atoms with Gasteiger partial charge in [0, 0.05) is 17.0 Å². The fourth-order valence-corrected chi connectivity index (χ4v) is 2.42. The lowest BCUT2D eigenvalue weighted by Crippen LogP contribution is -2.07. The minimum atomic E-state index is -0.622. The van der Waals surface area contributed by atoms with Crippen LogP contribution in [0.4, 0.5) is 4.39 Å². The van der Waals surface area contributed by atoms with E-state index in [1.165, 1.54) is 12.1 Å². The Bertz CT molecular complexity index is 646. The van der Waals surface area contributed by atoms with Crippen molar-refractivity contribution in [3.8, 4) is 11.8 Å². The van der Waals surface area contributed by atoms with Gasteiger partial charge in [0.05, 0.1) is 18.6 Å². The van der Waals surface area contributed by atoms with E-state index >= 15 is 0 Å². The molecule has 2 aromatic carbocycles. The molecule has 2 aromatic rings. The van der Waals surface area contributed by atoms with E-state index in [0.29, 0.717) is 13.0 Å². The van der Waals surface area contributed by atoms with Crippen molar-refractivity contribution in [1.29, 1.82) is 5.26 Å². The van der Waals surface area contributed by atoms with Gasteiger partial charge in [-0.2, -0.15) is 5.26 Å². The Balaban J connectivity index is 2.04. The number of nitrogens with zero attached hydrogens (tertiary/aromatic N) is 1. The number of nitriles is 1. The fourth-order valence-electron chi connectivity index (χ4n) is 2.12. The zero-order valence-corrected chi connectivity index (χ0v) is 12.4. The summed E-state index contributed by atoms with van der Waals surface area (Å²) in [5.74, 6) is -0.304. The zero-order chi connectivity index (χ0) is 15.2. The van der Waals surface area contributed by atoms with E-state index in [1.54, 1.807) is 6.07 Å². The molecule has 0 radical (unpaired) electrons. The molecular weight excluding hydrogens is 289 g/mol. The molecule has 0 heterocycles. The number of benzene rings is 2. The van der Waals surface area contributed by atoms with Crippen LogP contribution >= 0.6 is 11.6 Å². The summed E-state index contributed by atoms with van der Waals surface area (Å²) >= 11 is 5.99. The number of aryl methyl sites for hydroxylation is 1. The molecule has 0 amide bonds. The molecule has 1 atom stereocenters. The van der Waals surface area contributed by atoms with Crippen molar-refractivity contribution in [1.82, 2.24) is 0 Å². The van der Waals surface area contributed by atoms with E-state index in [1.807, 2.05) is 31.2 Å². The Kier molecular flexibility index (Phi) is 5.19. The first-order valence-corrected chi connectivity index (χ1v) is 7.03. The summed E-state index contributed by atoms with van der Waals surface area (Å²) in [6, 6.07) is 14.2. The minimum absolute atomic E-state index is 0.245. The number of halogens is 2. The van der Waals surface area contributed by atoms with Gasteiger partial charge in [-0.1, -0.05) is 35.9 Å². The van der Waals surface area contributed by atoms with Crippen molar-refractivity contribution in [2.45, 2.75) is 19.3 Å². The maximum atomic E-state index is 13.8. The summed E-state index contributed by atoms with van der Waals surface area (Å²) in [7, 11) is 0. The van der Waals surface area contributed by atoms with Crippen LogP contribution in [-0.2, 0) is 0 Å². The van der Waals surface area contributed by atoms with Crippen LogP contribution in [0.15, 0.2) is 42.5 Å². The zero-order valence-electron chi connectivity index (χ0n) is 11.6. The third-order valence-electron chi connectivity index (χ3n) is 3.26. The highest BCUT2D eigenvalue weighted by atomic mass is 35.5. The smallest absolute Gasteiger partial charge is 0.129 e. The van der Waals surface area contributed by atoms with Gasteiger partial charge in [0.15, 0.2) is 0 Å². The van der Waals surface area contributed by atoms with Crippen molar-refractivity contribution in [2.24, 2.45) is 0 Å². The first-order chi connectivity index (χ1) is 10.1. The molecule has 1 unspecified atom stereocenters. The number of para-hydroxylation sites is 1. The Morgan fingerprint density at radius 2 is 2.00 bits per heavy atom. The topological polar surface area (TPSA) is 33.0 Å². The number of ether oxygens (including phenoxy) is 1. The van der Waals surface area contributed by atoms with Gasteiger partial charge in [-0.15, -0.1) is 0 Å². The molecule has 0 aliphatic heterocycles. The van der Waals surface area contributed by atoms with E-state index in [9.17, 15) is 9.65 Å². The van der Waals surface area contributed by atoms with Gasteiger partial charge in [0.2, 0.25) is 0 Å². The molecule has 2 rings (SSSR count). The van der Waals surface area contributed by atoms with Crippen molar-refractivity contribution >= 4 is 11.6 Å². The van der Waals surface area contributed by atoms with E-state index in [4.69, 9.17) is 16.3 Å². The van der Waals surface area contributed by atoms with E-state index in [2.05, 4.69) is 6.07 Å². The van der Waals surface area contributed by atoms with Crippen molar-refractivity contribution in [3.05, 3.63) is 64.4 Å². The van der Waals surface area contributed by atoms with Crippen LogP contribution < -0.4 is 4.74 Å². The average molecular weight is 304 g/mol. The Morgan fingerprint density at radius 1 is 1.24 bits per heavy atom. The molecule has 0 fully saturated rings. The molecule has 21 heavy (non-hydrogen) atoms. The summed E-state index contributed by atoms with van der Waals surface area (Å²) < 4.78 is 19.5. The van der Waals surface area contributed by atoms with E-state index in [0.717, 1.165) is 11.3 Å². The molecule has 108 valence electrons. The number of hydrogen-bond acceptors (Lipinski definition) is 2. The van der Waals surface area contributed by atoms with Gasteiger partial charge in [-0.25, -0.2) is 4.39 Å². The Labute approximate surface area is 128 Å². The highest BCUT2D eigenvalue weighted by molar-refractivity contribution is 6.31. The van der Waals surface area contributed by atoms with Gasteiger partial charge in [0.25, 0.3) is 0 Å². The molecule has 0 aromatic heterocycles. The molecule has 0 saturated carbocycles. The SMILES string of the molecule is Cc1ccccc1OCCC(C#N)c1c(F)cccc1Cl. The third-order valence-corrected chi connectivity index (χ3v) is 3.59. The van der Waals surface area contributed by atoms with Crippen LogP contribution in [0.25, 0.3) is 0 Å². The van der Waals surface area contributed by atoms with Crippen LogP contribution in [0.5, 0.6) is 5.75 Å². The molecule has 4 heteroatoms. The molecule has 0 aliphatic carbocycles. The summed E-state index contributed by atoms with van der Waals surface area (Å²) in [6.45, 7) is 2.28. The maximum Gasteiger partial charge on any atom is 0.129 e. The quantitative estimate of drug-likeness (QED) is 0.790. The molecule has 0 aliphatic rings. The van der Waals surface area contributed by atoms with Crippen LogP contribution in [0.1, 0.15) is 23.5 Å². The lowest BCUT2D eigenvalue weighted by molar-refractivity contribution is 0.303. The third kappa shape index (κ3) is 3.74. The summed E-state index contributed by atoms with van der Waals surface area (Å²) in [4.78, 5) is 0. The molecule has 2 nitrogen and oxygen atoms in total. The van der Waals surface area contributed by atoms with Crippen molar-refractivity contribution < 1.29 is 9.13 Å². The summed E-state index contributed by atoms with van der Waals surface area (Å²) in [5, 5.41) is 9.52. The lowest BCUT2D eigenvalue weighted by Gasteiger charge is -2.14. The first kappa shape index (κ1) is 15.3. The monoisotopic (exact) mass is 303 g/mol. The summed E-state index contributed by atoms with van der Waals surface area (Å²) in [5.41, 5.74) is 1.27. The normalized spacial score (nSPS) is 11.7. The molecule has 0 saturated heterocycles. The van der Waals surface area contributed by atoms with Gasteiger partial charge in [-0.3, -0.25) is 0 Å². The number of rotatable bonds is 5. The van der Waals surface area contributed by atoms with Gasteiger partial charge >= 0.3 is 0 Å². The van der Waals surface area contributed by atoms with E-state index in [-0.39, 0.29) is 10.6 Å². The van der Waals surface area contributed by atoms with Gasteiger partial charge < -0.3 is 4.74 Å². The second-order valence-corrected chi connectivity index (χ2v) is 5.13. The lowest BCUT2D eigenvalue weighted by atomic mass is 9.97. The Hall–Kier alpha value is -2.05. The average Bonchev–Trinajstić information content (AvgIpc) is 2.47. The minimum Gasteiger partial charge on any atom is -0.493 e. The highest BCUT2D eigenvalue weighted by Crippen LogP contribution is 2.29. The molecular formula is C17H15ClFNO. The van der Waals surface area contributed by atoms with Gasteiger partial charge in [-0.05, 0) is 30.7 Å². The standard InChI is InChI=1S/C17H15ClFNO/c1-12-5-2-3-8-16(12)21-10-9-13(11-20)17-14(18)6-4-7-15(17)19/h2-8,13H,9-10H2,1H3. The largest absolute Gasteiger partial charge is 0.493 e. The molecule has 0 N–H and O–H groups in total. The highest BCUT2D eigenvalue weighted by Gasteiger charge is 2.18. The fraction of sp³-hybridized carbons (Fsp3) is 0.235. The summed E-state index contributed by atoms with van der Waals surface area (Å²) in [6.07, 6.45) is 0.380. The first-order valence-electron chi connectivity index (χ1n) is 6.65.